The van der Waals surface area contributed by atoms with Crippen molar-refractivity contribution in [3.8, 4) is 11.3 Å². The molecule has 0 aliphatic carbocycles. The quantitative estimate of drug-likeness (QED) is 0.441. The predicted octanol–water partition coefficient (Wildman–Crippen LogP) is 3.02. The van der Waals surface area contributed by atoms with Gasteiger partial charge >= 0.3 is 0 Å². The summed E-state index contributed by atoms with van der Waals surface area (Å²) >= 11 is 3.29. The van der Waals surface area contributed by atoms with Crippen molar-refractivity contribution in [2.45, 2.75) is 13.5 Å². The Hall–Kier alpha value is -2.47. The molecule has 11 heteroatoms. The number of fused-ring (bicyclic) bond motifs is 1. The van der Waals surface area contributed by atoms with Crippen LogP contribution >= 0.6 is 23.5 Å². The van der Waals surface area contributed by atoms with Gasteiger partial charge in [0.05, 0.1) is 29.5 Å². The van der Waals surface area contributed by atoms with Crippen molar-refractivity contribution < 1.29 is 0 Å². The van der Waals surface area contributed by atoms with Gasteiger partial charge in [0.25, 0.3) is 0 Å². The normalized spacial score (nSPS) is 15.8. The molecular weight excluding hydrogens is 418 g/mol. The van der Waals surface area contributed by atoms with Crippen LogP contribution < -0.4 is 5.32 Å². The monoisotopic (exact) mass is 441 g/mol. The standard InChI is InChI=1S/C19H23N9S2/c1-13-11-28-16(14-8-21-22-9-14)10-20-19(28)18(23-13)24-17-7-15(25-30-17)12-26-3-5-27(29-2)6-4-26/h7-11H,3-6,12H2,1-2H3,(H,21,22)(H,23,24). The molecule has 1 fully saturated rings. The highest BCUT2D eigenvalue weighted by atomic mass is 32.2. The van der Waals surface area contributed by atoms with Crippen LogP contribution in [0.5, 0.6) is 0 Å². The van der Waals surface area contributed by atoms with Crippen LogP contribution in [-0.2, 0) is 6.54 Å². The molecule has 2 N–H and O–H groups in total. The van der Waals surface area contributed by atoms with Crippen molar-refractivity contribution in [1.29, 1.82) is 0 Å². The lowest BCUT2D eigenvalue weighted by atomic mass is 10.3. The lowest BCUT2D eigenvalue weighted by molar-refractivity contribution is 0.188. The number of rotatable bonds is 6. The molecule has 0 amide bonds. The summed E-state index contributed by atoms with van der Waals surface area (Å²) < 4.78 is 9.09. The van der Waals surface area contributed by atoms with Crippen LogP contribution in [0.3, 0.4) is 0 Å². The van der Waals surface area contributed by atoms with Crippen LogP contribution in [0.1, 0.15) is 11.4 Å². The van der Waals surface area contributed by atoms with E-state index in [9.17, 15) is 0 Å². The van der Waals surface area contributed by atoms with Crippen LogP contribution in [-0.4, -0.2) is 70.6 Å². The van der Waals surface area contributed by atoms with Gasteiger partial charge in [-0.1, -0.05) is 11.9 Å². The van der Waals surface area contributed by atoms with Crippen LogP contribution in [0.4, 0.5) is 10.8 Å². The van der Waals surface area contributed by atoms with Crippen molar-refractivity contribution in [3.63, 3.8) is 0 Å². The molecule has 9 nitrogen and oxygen atoms in total. The van der Waals surface area contributed by atoms with E-state index >= 15 is 0 Å². The van der Waals surface area contributed by atoms with Gasteiger partial charge in [-0.2, -0.15) is 9.47 Å². The van der Waals surface area contributed by atoms with E-state index in [1.807, 2.05) is 41.9 Å². The number of nitrogens with one attached hydrogen (secondary N) is 2. The fourth-order valence-electron chi connectivity index (χ4n) is 3.66. The highest BCUT2D eigenvalue weighted by Crippen LogP contribution is 2.27. The minimum Gasteiger partial charge on any atom is -0.328 e. The third-order valence-corrected chi connectivity index (χ3v) is 6.81. The Morgan fingerprint density at radius 3 is 2.87 bits per heavy atom. The molecule has 5 rings (SSSR count). The van der Waals surface area contributed by atoms with E-state index in [4.69, 9.17) is 0 Å². The lowest BCUT2D eigenvalue weighted by Crippen LogP contribution is -2.42. The van der Waals surface area contributed by atoms with Crippen molar-refractivity contribution in [3.05, 3.63) is 42.2 Å². The zero-order chi connectivity index (χ0) is 20.5. The first-order valence-electron chi connectivity index (χ1n) is 9.77. The average molecular weight is 442 g/mol. The number of aryl methyl sites for hydroxylation is 1. The van der Waals surface area contributed by atoms with Crippen molar-refractivity contribution in [2.24, 2.45) is 0 Å². The van der Waals surface area contributed by atoms with Gasteiger partial charge in [-0.15, -0.1) is 0 Å². The molecule has 5 heterocycles. The Bertz CT molecular complexity index is 1130. The van der Waals surface area contributed by atoms with Gasteiger partial charge < -0.3 is 5.32 Å². The summed E-state index contributed by atoms with van der Waals surface area (Å²) in [4.78, 5) is 11.7. The van der Waals surface area contributed by atoms with E-state index in [1.165, 1.54) is 11.5 Å². The third-order valence-electron chi connectivity index (χ3n) is 5.18. The summed E-state index contributed by atoms with van der Waals surface area (Å²) in [6.45, 7) is 7.21. The molecule has 0 aromatic carbocycles. The maximum absolute atomic E-state index is 4.68. The Morgan fingerprint density at radius 2 is 2.10 bits per heavy atom. The fourth-order valence-corrected chi connectivity index (χ4v) is 4.84. The summed E-state index contributed by atoms with van der Waals surface area (Å²) in [5.41, 5.74) is 4.73. The van der Waals surface area contributed by atoms with Crippen molar-refractivity contribution in [1.82, 2.24) is 38.1 Å². The fraction of sp³-hybridized carbons (Fsp3) is 0.368. The molecule has 1 saturated heterocycles. The smallest absolute Gasteiger partial charge is 0.180 e. The topological polar surface area (TPSA) is 90.3 Å². The maximum atomic E-state index is 4.68. The highest BCUT2D eigenvalue weighted by molar-refractivity contribution is 7.96. The van der Waals surface area contributed by atoms with E-state index in [1.54, 1.807) is 6.20 Å². The molecule has 0 spiro atoms. The summed E-state index contributed by atoms with van der Waals surface area (Å²) in [6.07, 6.45) is 9.63. The first-order valence-corrected chi connectivity index (χ1v) is 11.7. The van der Waals surface area contributed by atoms with Gasteiger partial charge in [0, 0.05) is 50.7 Å². The number of H-pyrrole nitrogens is 1. The largest absolute Gasteiger partial charge is 0.328 e. The Labute approximate surface area is 182 Å². The van der Waals surface area contributed by atoms with Gasteiger partial charge in [-0.25, -0.2) is 14.3 Å². The zero-order valence-corrected chi connectivity index (χ0v) is 18.5. The number of nitrogens with zero attached hydrogens (tertiary/aromatic N) is 7. The number of imidazole rings is 1. The second kappa shape index (κ2) is 8.34. The van der Waals surface area contributed by atoms with Crippen molar-refractivity contribution in [2.75, 3.05) is 37.8 Å². The highest BCUT2D eigenvalue weighted by Gasteiger charge is 2.18. The first-order chi connectivity index (χ1) is 14.7. The number of hydrogen-bond donors (Lipinski definition) is 2. The number of aromatic nitrogens is 6. The molecule has 1 aliphatic heterocycles. The van der Waals surface area contributed by atoms with Gasteiger partial charge in [0.2, 0.25) is 0 Å². The molecule has 0 radical (unpaired) electrons. The first kappa shape index (κ1) is 19.5. The summed E-state index contributed by atoms with van der Waals surface area (Å²) in [5.74, 6) is 0.730. The number of anilines is 2. The summed E-state index contributed by atoms with van der Waals surface area (Å²) in [5, 5.41) is 11.3. The van der Waals surface area contributed by atoms with Crippen LogP contribution in [0.15, 0.2) is 30.9 Å². The number of aromatic amines is 1. The molecule has 4 aromatic rings. The summed E-state index contributed by atoms with van der Waals surface area (Å²) in [6, 6.07) is 2.12. The second-order valence-corrected chi connectivity index (χ2v) is 8.94. The van der Waals surface area contributed by atoms with E-state index < -0.39 is 0 Å². The molecule has 0 atom stereocenters. The van der Waals surface area contributed by atoms with Gasteiger partial charge in [-0.05, 0) is 30.8 Å². The van der Waals surface area contributed by atoms with Crippen LogP contribution in [0.2, 0.25) is 0 Å². The molecule has 156 valence electrons. The third kappa shape index (κ3) is 3.93. The Kier molecular flexibility index (Phi) is 5.42. The molecule has 1 aliphatic rings. The average Bonchev–Trinajstić information content (AvgIpc) is 3.49. The molecule has 30 heavy (non-hydrogen) atoms. The molecular formula is C19H23N9S2. The van der Waals surface area contributed by atoms with Crippen LogP contribution in [0.25, 0.3) is 16.9 Å². The summed E-state index contributed by atoms with van der Waals surface area (Å²) in [7, 11) is 0. The zero-order valence-electron chi connectivity index (χ0n) is 16.9. The predicted molar refractivity (Wildman–Crippen MR) is 121 cm³/mol. The van der Waals surface area contributed by atoms with E-state index in [0.717, 1.165) is 71.8 Å². The Morgan fingerprint density at radius 1 is 1.23 bits per heavy atom. The van der Waals surface area contributed by atoms with Crippen LogP contribution in [0, 0.1) is 6.92 Å². The molecule has 4 aromatic heterocycles. The van der Waals surface area contributed by atoms with E-state index in [0.29, 0.717) is 0 Å². The Balaban J connectivity index is 1.34. The van der Waals surface area contributed by atoms with Crippen molar-refractivity contribution >= 4 is 39.9 Å². The number of piperazine rings is 1. The maximum Gasteiger partial charge on any atom is 0.180 e. The molecule has 0 bridgehead atoms. The SMILES string of the molecule is CSN1CCN(Cc2cc(Nc3nc(C)cn4c(-c5cn[nH]c5)cnc34)sn2)CC1. The van der Waals surface area contributed by atoms with E-state index in [-0.39, 0.29) is 0 Å². The minimum atomic E-state index is 0.730. The lowest BCUT2D eigenvalue weighted by Gasteiger charge is -2.32. The number of hydrogen-bond acceptors (Lipinski definition) is 9. The minimum absolute atomic E-state index is 0.730. The second-order valence-electron chi connectivity index (χ2n) is 7.25. The molecule has 0 saturated carbocycles. The van der Waals surface area contributed by atoms with Gasteiger partial charge in [0.15, 0.2) is 11.5 Å². The van der Waals surface area contributed by atoms with Gasteiger partial charge in [0.1, 0.15) is 5.00 Å². The molecule has 0 unspecified atom stereocenters. The van der Waals surface area contributed by atoms with E-state index in [2.05, 4.69) is 51.4 Å². The van der Waals surface area contributed by atoms with Gasteiger partial charge in [-0.3, -0.25) is 14.4 Å².